The zero-order chi connectivity index (χ0) is 13.8. The molecule has 0 saturated heterocycles. The van der Waals surface area contributed by atoms with Gasteiger partial charge in [-0.15, -0.1) is 0 Å². The Morgan fingerprint density at radius 2 is 1.95 bits per heavy atom. The lowest BCUT2D eigenvalue weighted by molar-refractivity contribution is 0.264. The first-order chi connectivity index (χ1) is 9.11. The summed E-state index contributed by atoms with van der Waals surface area (Å²) in [4.78, 5) is 0. The van der Waals surface area contributed by atoms with Crippen LogP contribution < -0.4 is 0 Å². The molecule has 1 nitrogen and oxygen atoms in total. The number of aliphatic hydroxyl groups is 1. The van der Waals surface area contributed by atoms with Crippen molar-refractivity contribution >= 4 is 27.5 Å². The minimum atomic E-state index is -0.316. The second kappa shape index (κ2) is 6.51. The molecule has 2 aromatic rings. The Morgan fingerprint density at radius 1 is 1.21 bits per heavy atom. The van der Waals surface area contributed by atoms with E-state index in [0.717, 1.165) is 10.0 Å². The quantitative estimate of drug-likeness (QED) is 0.863. The minimum absolute atomic E-state index is 0.0184. The van der Waals surface area contributed by atoms with E-state index in [9.17, 15) is 9.50 Å². The Kier molecular flexibility index (Phi) is 4.97. The molecule has 0 bridgehead atoms. The van der Waals surface area contributed by atoms with Crippen LogP contribution in [-0.2, 0) is 6.42 Å². The predicted octanol–water partition coefficient (Wildman–Crippen LogP) is 4.56. The number of hydrogen-bond donors (Lipinski definition) is 1. The van der Waals surface area contributed by atoms with Gasteiger partial charge in [0.05, 0.1) is 6.61 Å². The highest BCUT2D eigenvalue weighted by Gasteiger charge is 2.16. The summed E-state index contributed by atoms with van der Waals surface area (Å²) < 4.78 is 14.2. The molecular weight excluding hydrogens is 331 g/mol. The van der Waals surface area contributed by atoms with Gasteiger partial charge in [-0.25, -0.2) is 4.39 Å². The summed E-state index contributed by atoms with van der Waals surface area (Å²) in [5, 5.41) is 10.1. The lowest BCUT2D eigenvalue weighted by Crippen LogP contribution is -2.09. The van der Waals surface area contributed by atoms with Crippen molar-refractivity contribution in [1.29, 1.82) is 0 Å². The molecule has 1 unspecified atom stereocenters. The Balaban J connectivity index is 2.29. The van der Waals surface area contributed by atoms with Crippen molar-refractivity contribution in [1.82, 2.24) is 0 Å². The fourth-order valence-corrected chi connectivity index (χ4v) is 2.85. The van der Waals surface area contributed by atoms with E-state index >= 15 is 0 Å². The minimum Gasteiger partial charge on any atom is -0.396 e. The van der Waals surface area contributed by atoms with E-state index in [-0.39, 0.29) is 18.3 Å². The summed E-state index contributed by atoms with van der Waals surface area (Å²) >= 11 is 9.53. The summed E-state index contributed by atoms with van der Waals surface area (Å²) in [5.74, 6) is -0.432. The second-order valence-electron chi connectivity index (χ2n) is 4.34. The van der Waals surface area contributed by atoms with Crippen LogP contribution in [0.5, 0.6) is 0 Å². The lowest BCUT2D eigenvalue weighted by Gasteiger charge is -2.17. The van der Waals surface area contributed by atoms with Crippen molar-refractivity contribution in [2.24, 2.45) is 0 Å². The molecule has 0 fully saturated rings. The van der Waals surface area contributed by atoms with Crippen LogP contribution in [0.3, 0.4) is 0 Å². The molecular formula is C15H13BrClFO. The van der Waals surface area contributed by atoms with Gasteiger partial charge in [-0.2, -0.15) is 0 Å². The third kappa shape index (κ3) is 3.56. The third-order valence-electron chi connectivity index (χ3n) is 3.04. The van der Waals surface area contributed by atoms with Crippen LogP contribution >= 0.6 is 27.5 Å². The first-order valence-electron chi connectivity index (χ1n) is 5.91. The van der Waals surface area contributed by atoms with Crippen LogP contribution in [0.4, 0.5) is 4.39 Å². The maximum Gasteiger partial charge on any atom is 0.123 e. The molecule has 1 N–H and O–H groups in total. The van der Waals surface area contributed by atoms with Gasteiger partial charge < -0.3 is 5.11 Å². The second-order valence-corrected chi connectivity index (χ2v) is 5.60. The van der Waals surface area contributed by atoms with Crippen LogP contribution in [-0.4, -0.2) is 11.7 Å². The highest BCUT2D eigenvalue weighted by molar-refractivity contribution is 9.10. The van der Waals surface area contributed by atoms with E-state index in [1.165, 1.54) is 12.1 Å². The molecule has 0 aromatic heterocycles. The van der Waals surface area contributed by atoms with Gasteiger partial charge >= 0.3 is 0 Å². The smallest absolute Gasteiger partial charge is 0.123 e. The molecule has 0 saturated carbocycles. The zero-order valence-corrected chi connectivity index (χ0v) is 12.5. The van der Waals surface area contributed by atoms with Gasteiger partial charge in [0, 0.05) is 15.4 Å². The van der Waals surface area contributed by atoms with E-state index in [0.29, 0.717) is 17.0 Å². The number of halogens is 3. The molecule has 0 aliphatic carbocycles. The Hall–Kier alpha value is -0.900. The summed E-state index contributed by atoms with van der Waals surface area (Å²) in [6.07, 6.45) is 0.496. The Morgan fingerprint density at radius 3 is 2.63 bits per heavy atom. The van der Waals surface area contributed by atoms with E-state index in [1.54, 1.807) is 6.07 Å². The van der Waals surface area contributed by atoms with Crippen LogP contribution in [0, 0.1) is 5.82 Å². The van der Waals surface area contributed by atoms with Gasteiger partial charge in [0.15, 0.2) is 0 Å². The summed E-state index contributed by atoms with van der Waals surface area (Å²) in [6.45, 7) is -0.0184. The van der Waals surface area contributed by atoms with Crippen LogP contribution in [0.2, 0.25) is 5.02 Å². The van der Waals surface area contributed by atoms with Crippen molar-refractivity contribution in [3.8, 4) is 0 Å². The SMILES string of the molecule is OCC(Cc1cc(F)ccc1Cl)c1ccccc1Br. The zero-order valence-electron chi connectivity index (χ0n) is 10.1. The maximum absolute atomic E-state index is 13.3. The molecule has 0 radical (unpaired) electrons. The molecule has 0 aliphatic rings. The Bertz CT molecular complexity index is 574. The first-order valence-corrected chi connectivity index (χ1v) is 7.08. The fraction of sp³-hybridized carbons (Fsp3) is 0.200. The summed E-state index contributed by atoms with van der Waals surface area (Å²) in [6, 6.07) is 12.0. The van der Waals surface area contributed by atoms with Crippen LogP contribution in [0.25, 0.3) is 0 Å². The first kappa shape index (κ1) is 14.5. The van der Waals surface area contributed by atoms with Crippen molar-refractivity contribution in [2.75, 3.05) is 6.61 Å². The number of hydrogen-bond acceptors (Lipinski definition) is 1. The summed E-state index contributed by atoms with van der Waals surface area (Å²) in [5.41, 5.74) is 1.70. The van der Waals surface area contributed by atoms with Crippen molar-refractivity contribution < 1.29 is 9.50 Å². The molecule has 1 atom stereocenters. The topological polar surface area (TPSA) is 20.2 Å². The van der Waals surface area contributed by atoms with Crippen molar-refractivity contribution in [3.05, 3.63) is 68.9 Å². The van der Waals surface area contributed by atoms with Gasteiger partial charge in [0.1, 0.15) is 5.82 Å². The number of aliphatic hydroxyl groups excluding tert-OH is 1. The standard InChI is InChI=1S/C15H13BrClFO/c16-14-4-2-1-3-13(14)11(9-19)7-10-8-12(18)5-6-15(10)17/h1-6,8,11,19H,7,9H2. The largest absolute Gasteiger partial charge is 0.396 e. The molecule has 0 spiro atoms. The van der Waals surface area contributed by atoms with Gasteiger partial charge in [0.25, 0.3) is 0 Å². The average Bonchev–Trinajstić information content (AvgIpc) is 2.41. The van der Waals surface area contributed by atoms with Gasteiger partial charge in [-0.05, 0) is 41.8 Å². The molecule has 0 aliphatic heterocycles. The predicted molar refractivity (Wildman–Crippen MR) is 79.1 cm³/mol. The lowest BCUT2D eigenvalue weighted by atomic mass is 9.92. The Labute approximate surface area is 125 Å². The van der Waals surface area contributed by atoms with E-state index in [2.05, 4.69) is 15.9 Å². The van der Waals surface area contributed by atoms with Crippen LogP contribution in [0.15, 0.2) is 46.9 Å². The van der Waals surface area contributed by atoms with E-state index in [1.807, 2.05) is 24.3 Å². The molecule has 19 heavy (non-hydrogen) atoms. The molecule has 2 rings (SSSR count). The average molecular weight is 344 g/mol. The normalized spacial score (nSPS) is 12.4. The molecule has 4 heteroatoms. The fourth-order valence-electron chi connectivity index (χ4n) is 2.04. The maximum atomic E-state index is 13.3. The number of rotatable bonds is 4. The van der Waals surface area contributed by atoms with Gasteiger partial charge in [-0.3, -0.25) is 0 Å². The molecule has 2 aromatic carbocycles. The molecule has 100 valence electrons. The third-order valence-corrected chi connectivity index (χ3v) is 4.13. The highest BCUT2D eigenvalue weighted by atomic mass is 79.9. The van der Waals surface area contributed by atoms with Gasteiger partial charge in [0.2, 0.25) is 0 Å². The van der Waals surface area contributed by atoms with Crippen LogP contribution in [0.1, 0.15) is 17.0 Å². The molecule has 0 amide bonds. The monoisotopic (exact) mass is 342 g/mol. The number of benzene rings is 2. The van der Waals surface area contributed by atoms with Crippen molar-refractivity contribution in [3.63, 3.8) is 0 Å². The van der Waals surface area contributed by atoms with E-state index in [4.69, 9.17) is 11.6 Å². The molecule has 0 heterocycles. The van der Waals surface area contributed by atoms with Gasteiger partial charge in [-0.1, -0.05) is 45.7 Å². The van der Waals surface area contributed by atoms with E-state index < -0.39 is 0 Å². The summed E-state index contributed by atoms with van der Waals surface area (Å²) in [7, 11) is 0. The highest BCUT2D eigenvalue weighted by Crippen LogP contribution is 2.30. The van der Waals surface area contributed by atoms with Crippen molar-refractivity contribution in [2.45, 2.75) is 12.3 Å².